The molecule has 104 valence electrons. The minimum Gasteiger partial charge on any atom is -0.441 e. The van der Waals surface area contributed by atoms with Gasteiger partial charge in [0.15, 0.2) is 11.5 Å². The average Bonchev–Trinajstić information content (AvgIpc) is 2.73. The van der Waals surface area contributed by atoms with Gasteiger partial charge in [-0.1, -0.05) is 19.4 Å². The Labute approximate surface area is 113 Å². The molecule has 0 unspecified atom stereocenters. The number of unbranched alkanes of at least 4 members (excludes halogenated alkanes) is 1. The monoisotopic (exact) mass is 282 g/mol. The summed E-state index contributed by atoms with van der Waals surface area (Å²) in [7, 11) is -3.19. The highest BCUT2D eigenvalue weighted by Gasteiger charge is 2.10. The van der Waals surface area contributed by atoms with E-state index in [4.69, 9.17) is 4.42 Å². The number of benzene rings is 1. The zero-order valence-electron chi connectivity index (χ0n) is 11.1. The summed E-state index contributed by atoms with van der Waals surface area (Å²) in [6, 6.07) is 5.51. The zero-order valence-corrected chi connectivity index (χ0v) is 12.0. The maximum Gasteiger partial charge on any atom is 0.211 e. The van der Waals surface area contributed by atoms with Crippen LogP contribution in [0.3, 0.4) is 0 Å². The van der Waals surface area contributed by atoms with Gasteiger partial charge in [-0.15, -0.1) is 0 Å². The Morgan fingerprint density at radius 1 is 1.37 bits per heavy atom. The quantitative estimate of drug-likeness (QED) is 0.882. The number of oxazole rings is 1. The van der Waals surface area contributed by atoms with E-state index >= 15 is 0 Å². The molecule has 1 aromatic heterocycles. The summed E-state index contributed by atoms with van der Waals surface area (Å²) in [6.45, 7) is 4.03. The molecule has 2 rings (SSSR count). The smallest absolute Gasteiger partial charge is 0.211 e. The van der Waals surface area contributed by atoms with Crippen LogP contribution in [0.2, 0.25) is 0 Å². The van der Waals surface area contributed by atoms with Gasteiger partial charge in [-0.05, 0) is 24.1 Å². The second-order valence-electron chi connectivity index (χ2n) is 4.53. The average molecular weight is 282 g/mol. The molecule has 0 spiro atoms. The molecule has 1 aromatic carbocycles. The van der Waals surface area contributed by atoms with Crippen molar-refractivity contribution in [2.45, 2.75) is 33.2 Å². The summed E-state index contributed by atoms with van der Waals surface area (Å²) < 4.78 is 31.4. The third kappa shape index (κ3) is 3.78. The lowest BCUT2D eigenvalue weighted by molar-refractivity contribution is 0.560. The number of rotatable bonds is 6. The highest BCUT2D eigenvalue weighted by atomic mass is 32.2. The molecule has 0 amide bonds. The summed E-state index contributed by atoms with van der Waals surface area (Å²) in [4.78, 5) is 4.20. The minimum atomic E-state index is -3.19. The van der Waals surface area contributed by atoms with Crippen molar-refractivity contribution in [1.29, 1.82) is 0 Å². The van der Waals surface area contributed by atoms with Gasteiger partial charge in [0.05, 0.1) is 5.75 Å². The normalized spacial score (nSPS) is 12.1. The van der Waals surface area contributed by atoms with Crippen LogP contribution >= 0.6 is 0 Å². The van der Waals surface area contributed by atoms with Gasteiger partial charge in [-0.2, -0.15) is 0 Å². The fourth-order valence-corrected chi connectivity index (χ4v) is 2.99. The van der Waals surface area contributed by atoms with Crippen molar-refractivity contribution in [3.05, 3.63) is 29.7 Å². The van der Waals surface area contributed by atoms with Gasteiger partial charge < -0.3 is 4.42 Å². The van der Waals surface area contributed by atoms with Crippen LogP contribution in [-0.4, -0.2) is 19.2 Å². The lowest BCUT2D eigenvalue weighted by atomic mass is 10.2. The number of hydrogen-bond acceptors (Lipinski definition) is 4. The topological polar surface area (TPSA) is 72.2 Å². The fourth-order valence-electron chi connectivity index (χ4n) is 1.79. The molecule has 5 nitrogen and oxygen atoms in total. The van der Waals surface area contributed by atoms with Gasteiger partial charge in [-0.25, -0.2) is 18.1 Å². The second-order valence-corrected chi connectivity index (χ2v) is 6.45. The minimum absolute atomic E-state index is 0.174. The molecule has 0 aliphatic rings. The number of aromatic nitrogens is 1. The lowest BCUT2D eigenvalue weighted by Crippen LogP contribution is -2.25. The predicted octanol–water partition coefficient (Wildman–Crippen LogP) is 2.36. The molecule has 0 radical (unpaired) electrons. The van der Waals surface area contributed by atoms with Gasteiger partial charge in [-0.3, -0.25) is 0 Å². The van der Waals surface area contributed by atoms with E-state index in [0.29, 0.717) is 17.9 Å². The summed E-state index contributed by atoms with van der Waals surface area (Å²) in [5.74, 6) is 0.781. The number of aryl methyl sites for hydroxylation is 1. The lowest BCUT2D eigenvalue weighted by Gasteiger charge is -2.05. The van der Waals surface area contributed by atoms with E-state index in [1.54, 1.807) is 6.92 Å². The summed E-state index contributed by atoms with van der Waals surface area (Å²) >= 11 is 0. The van der Waals surface area contributed by atoms with E-state index in [-0.39, 0.29) is 12.3 Å². The Morgan fingerprint density at radius 2 is 2.16 bits per heavy atom. The molecule has 19 heavy (non-hydrogen) atoms. The molecule has 1 heterocycles. The van der Waals surface area contributed by atoms with Crippen LogP contribution in [0.5, 0.6) is 0 Å². The van der Waals surface area contributed by atoms with Gasteiger partial charge >= 0.3 is 0 Å². The summed E-state index contributed by atoms with van der Waals surface area (Å²) in [5, 5.41) is 0. The standard InChI is InChI=1S/C13H18N2O3S/c1-3-4-7-19(16,17)14-9-11-5-6-12-13(8-11)18-10(2)15-12/h5-6,8,14H,3-4,7,9H2,1-2H3. The first-order valence-corrected chi connectivity index (χ1v) is 7.99. The van der Waals surface area contributed by atoms with Crippen LogP contribution in [0.4, 0.5) is 0 Å². The molecular formula is C13H18N2O3S. The maximum atomic E-state index is 11.7. The molecular weight excluding hydrogens is 264 g/mol. The van der Waals surface area contributed by atoms with Crippen LogP contribution in [0.25, 0.3) is 11.1 Å². The van der Waals surface area contributed by atoms with Crippen molar-refractivity contribution >= 4 is 21.1 Å². The first-order valence-electron chi connectivity index (χ1n) is 6.33. The van der Waals surface area contributed by atoms with Crippen molar-refractivity contribution in [1.82, 2.24) is 9.71 Å². The van der Waals surface area contributed by atoms with Gasteiger partial charge in [0.1, 0.15) is 5.52 Å². The van der Waals surface area contributed by atoms with Crippen LogP contribution < -0.4 is 4.72 Å². The molecule has 2 aromatic rings. The second kappa shape index (κ2) is 5.71. The third-order valence-electron chi connectivity index (χ3n) is 2.82. The van der Waals surface area contributed by atoms with Crippen LogP contribution in [0.1, 0.15) is 31.2 Å². The Kier molecular flexibility index (Phi) is 4.21. The number of nitrogens with zero attached hydrogens (tertiary/aromatic N) is 1. The van der Waals surface area contributed by atoms with E-state index in [1.165, 1.54) is 0 Å². The van der Waals surface area contributed by atoms with E-state index < -0.39 is 10.0 Å². The molecule has 1 N–H and O–H groups in total. The predicted molar refractivity (Wildman–Crippen MR) is 74.3 cm³/mol. The van der Waals surface area contributed by atoms with Crippen molar-refractivity contribution in [2.24, 2.45) is 0 Å². The van der Waals surface area contributed by atoms with Crippen molar-refractivity contribution < 1.29 is 12.8 Å². The van der Waals surface area contributed by atoms with Crippen molar-refractivity contribution in [2.75, 3.05) is 5.75 Å². The highest BCUT2D eigenvalue weighted by Crippen LogP contribution is 2.16. The molecule has 0 saturated carbocycles. The highest BCUT2D eigenvalue weighted by molar-refractivity contribution is 7.89. The number of nitrogens with one attached hydrogen (secondary N) is 1. The largest absolute Gasteiger partial charge is 0.441 e. The van der Waals surface area contributed by atoms with Gasteiger partial charge in [0.2, 0.25) is 10.0 Å². The molecule has 0 atom stereocenters. The van der Waals surface area contributed by atoms with Crippen LogP contribution in [0.15, 0.2) is 22.6 Å². The van der Waals surface area contributed by atoms with Crippen molar-refractivity contribution in [3.63, 3.8) is 0 Å². The van der Waals surface area contributed by atoms with Gasteiger partial charge in [0.25, 0.3) is 0 Å². The first-order chi connectivity index (χ1) is 9.00. The molecule has 0 fully saturated rings. The van der Waals surface area contributed by atoms with E-state index in [9.17, 15) is 8.42 Å². The summed E-state index contributed by atoms with van der Waals surface area (Å²) in [6.07, 6.45) is 1.54. The van der Waals surface area contributed by atoms with Gasteiger partial charge in [0, 0.05) is 13.5 Å². The maximum absolute atomic E-state index is 11.7. The zero-order chi connectivity index (χ0) is 13.9. The van der Waals surface area contributed by atoms with Crippen LogP contribution in [-0.2, 0) is 16.6 Å². The Hall–Kier alpha value is -1.40. The number of sulfonamides is 1. The molecule has 0 aliphatic carbocycles. The fraction of sp³-hybridized carbons (Fsp3) is 0.462. The Bertz CT molecular complexity index is 662. The Balaban J connectivity index is 2.05. The van der Waals surface area contributed by atoms with Crippen LogP contribution in [0, 0.1) is 6.92 Å². The molecule has 0 aliphatic heterocycles. The van der Waals surface area contributed by atoms with Crippen molar-refractivity contribution in [3.8, 4) is 0 Å². The summed E-state index contributed by atoms with van der Waals surface area (Å²) in [5.41, 5.74) is 2.33. The van der Waals surface area contributed by atoms with E-state index in [2.05, 4.69) is 9.71 Å². The molecule has 0 saturated heterocycles. The van der Waals surface area contributed by atoms with E-state index in [1.807, 2.05) is 25.1 Å². The molecule has 6 heteroatoms. The third-order valence-corrected chi connectivity index (χ3v) is 4.23. The Morgan fingerprint density at radius 3 is 2.89 bits per heavy atom. The van der Waals surface area contributed by atoms with E-state index in [0.717, 1.165) is 17.5 Å². The number of hydrogen-bond donors (Lipinski definition) is 1. The SMILES string of the molecule is CCCCS(=O)(=O)NCc1ccc2nc(C)oc2c1. The number of fused-ring (bicyclic) bond motifs is 1. The first kappa shape index (κ1) is 14.0. The molecule has 0 bridgehead atoms.